The maximum absolute atomic E-state index is 12.3. The fourth-order valence-corrected chi connectivity index (χ4v) is 2.27. The molecule has 0 spiro atoms. The number of rotatable bonds is 5. The Balaban J connectivity index is 1.78. The van der Waals surface area contributed by atoms with Gasteiger partial charge in [-0.2, -0.15) is 0 Å². The summed E-state index contributed by atoms with van der Waals surface area (Å²) in [7, 11) is 0. The first-order valence-electron chi connectivity index (χ1n) is 7.66. The van der Waals surface area contributed by atoms with E-state index in [-0.39, 0.29) is 12.5 Å². The van der Waals surface area contributed by atoms with E-state index < -0.39 is 5.97 Å². The van der Waals surface area contributed by atoms with Crippen LogP contribution in [0, 0.1) is 6.92 Å². The standard InChI is InChI=1S/C18H17N3O3/c1-3-23-17-13(7-6-10-19-17)18(22)24-11-16-12(2)20-14-8-4-5-9-15(14)21-16/h4-10H,3,11H2,1-2H3. The van der Waals surface area contributed by atoms with E-state index in [1.54, 1.807) is 18.3 Å². The van der Waals surface area contributed by atoms with Gasteiger partial charge in [-0.25, -0.2) is 19.7 Å². The molecule has 122 valence electrons. The number of aromatic nitrogens is 3. The van der Waals surface area contributed by atoms with Crippen molar-refractivity contribution in [3.05, 3.63) is 59.5 Å². The molecule has 0 aliphatic heterocycles. The summed E-state index contributed by atoms with van der Waals surface area (Å²) in [4.78, 5) is 25.3. The molecular weight excluding hydrogens is 306 g/mol. The smallest absolute Gasteiger partial charge is 0.344 e. The predicted molar refractivity (Wildman–Crippen MR) is 88.8 cm³/mol. The second-order valence-corrected chi connectivity index (χ2v) is 5.11. The van der Waals surface area contributed by atoms with Gasteiger partial charge in [-0.05, 0) is 38.1 Å². The Kier molecular flexibility index (Phi) is 4.65. The van der Waals surface area contributed by atoms with Crippen LogP contribution in [0.1, 0.15) is 28.7 Å². The maximum atomic E-state index is 12.3. The van der Waals surface area contributed by atoms with E-state index in [0.717, 1.165) is 16.7 Å². The Hall–Kier alpha value is -3.02. The van der Waals surface area contributed by atoms with Gasteiger partial charge >= 0.3 is 5.97 Å². The zero-order valence-corrected chi connectivity index (χ0v) is 13.5. The third-order valence-corrected chi connectivity index (χ3v) is 3.46. The lowest BCUT2D eigenvalue weighted by molar-refractivity contribution is 0.0461. The fraction of sp³-hybridized carbons (Fsp3) is 0.222. The maximum Gasteiger partial charge on any atom is 0.344 e. The zero-order chi connectivity index (χ0) is 16.9. The average molecular weight is 323 g/mol. The molecule has 0 fully saturated rings. The molecule has 6 nitrogen and oxygen atoms in total. The van der Waals surface area contributed by atoms with Crippen LogP contribution in [-0.2, 0) is 11.3 Å². The van der Waals surface area contributed by atoms with E-state index in [9.17, 15) is 4.79 Å². The van der Waals surface area contributed by atoms with Crippen molar-refractivity contribution in [3.63, 3.8) is 0 Å². The molecule has 3 aromatic rings. The van der Waals surface area contributed by atoms with Crippen molar-refractivity contribution < 1.29 is 14.3 Å². The van der Waals surface area contributed by atoms with Crippen LogP contribution in [0.3, 0.4) is 0 Å². The highest BCUT2D eigenvalue weighted by Gasteiger charge is 2.16. The number of aryl methyl sites for hydroxylation is 1. The highest BCUT2D eigenvalue weighted by molar-refractivity contribution is 5.91. The Morgan fingerprint density at radius 2 is 1.83 bits per heavy atom. The molecule has 0 unspecified atom stereocenters. The second kappa shape index (κ2) is 7.04. The minimum absolute atomic E-state index is 0.0446. The van der Waals surface area contributed by atoms with E-state index in [2.05, 4.69) is 15.0 Å². The Morgan fingerprint density at radius 1 is 1.08 bits per heavy atom. The molecule has 6 heteroatoms. The summed E-state index contributed by atoms with van der Waals surface area (Å²) in [6, 6.07) is 10.9. The van der Waals surface area contributed by atoms with Crippen molar-refractivity contribution in [2.75, 3.05) is 6.61 Å². The molecule has 24 heavy (non-hydrogen) atoms. The summed E-state index contributed by atoms with van der Waals surface area (Å²) in [6.07, 6.45) is 1.57. The minimum Gasteiger partial charge on any atom is -0.477 e. The van der Waals surface area contributed by atoms with Gasteiger partial charge in [0.2, 0.25) is 5.88 Å². The molecule has 2 heterocycles. The lowest BCUT2D eigenvalue weighted by atomic mass is 10.2. The van der Waals surface area contributed by atoms with Crippen molar-refractivity contribution in [3.8, 4) is 5.88 Å². The number of hydrogen-bond donors (Lipinski definition) is 0. The summed E-state index contributed by atoms with van der Waals surface area (Å²) in [5.41, 5.74) is 3.24. The zero-order valence-electron chi connectivity index (χ0n) is 13.5. The molecule has 0 aliphatic carbocycles. The van der Waals surface area contributed by atoms with Crippen molar-refractivity contribution in [2.24, 2.45) is 0 Å². The molecule has 1 aromatic carbocycles. The van der Waals surface area contributed by atoms with E-state index in [1.807, 2.05) is 38.1 Å². The molecule has 2 aromatic heterocycles. The van der Waals surface area contributed by atoms with Crippen LogP contribution in [-0.4, -0.2) is 27.5 Å². The number of nitrogens with zero attached hydrogens (tertiary/aromatic N) is 3. The van der Waals surface area contributed by atoms with Gasteiger partial charge in [0.1, 0.15) is 12.2 Å². The molecule has 0 aliphatic rings. The normalized spacial score (nSPS) is 10.6. The molecule has 0 saturated heterocycles. The fourth-order valence-electron chi connectivity index (χ4n) is 2.27. The van der Waals surface area contributed by atoms with Crippen LogP contribution < -0.4 is 4.74 Å². The number of para-hydroxylation sites is 2. The van der Waals surface area contributed by atoms with Crippen molar-refractivity contribution in [1.82, 2.24) is 15.0 Å². The number of carbonyl (C=O) groups excluding carboxylic acids is 1. The first-order valence-corrected chi connectivity index (χ1v) is 7.66. The van der Waals surface area contributed by atoms with Crippen LogP contribution in [0.4, 0.5) is 0 Å². The molecule has 0 saturated carbocycles. The third-order valence-electron chi connectivity index (χ3n) is 3.46. The number of esters is 1. The molecule has 0 bridgehead atoms. The highest BCUT2D eigenvalue weighted by Crippen LogP contribution is 2.17. The van der Waals surface area contributed by atoms with Gasteiger partial charge in [-0.1, -0.05) is 12.1 Å². The summed E-state index contributed by atoms with van der Waals surface area (Å²) in [6.45, 7) is 4.14. The lowest BCUT2D eigenvalue weighted by Crippen LogP contribution is -2.11. The molecule has 0 amide bonds. The van der Waals surface area contributed by atoms with Crippen LogP contribution in [0.15, 0.2) is 42.6 Å². The van der Waals surface area contributed by atoms with Crippen LogP contribution in [0.5, 0.6) is 5.88 Å². The average Bonchev–Trinajstić information content (AvgIpc) is 2.60. The number of benzene rings is 1. The van der Waals surface area contributed by atoms with Crippen molar-refractivity contribution >= 4 is 17.0 Å². The van der Waals surface area contributed by atoms with E-state index in [4.69, 9.17) is 9.47 Å². The summed E-state index contributed by atoms with van der Waals surface area (Å²) in [5, 5.41) is 0. The van der Waals surface area contributed by atoms with E-state index >= 15 is 0 Å². The molecule has 0 N–H and O–H groups in total. The largest absolute Gasteiger partial charge is 0.477 e. The lowest BCUT2D eigenvalue weighted by Gasteiger charge is -2.10. The van der Waals surface area contributed by atoms with E-state index in [1.165, 1.54) is 0 Å². The van der Waals surface area contributed by atoms with Crippen LogP contribution in [0.25, 0.3) is 11.0 Å². The number of ether oxygens (including phenoxy) is 2. The van der Waals surface area contributed by atoms with Gasteiger partial charge in [0.15, 0.2) is 0 Å². The van der Waals surface area contributed by atoms with Crippen molar-refractivity contribution in [1.29, 1.82) is 0 Å². The van der Waals surface area contributed by atoms with Gasteiger partial charge in [0.05, 0.1) is 29.0 Å². The van der Waals surface area contributed by atoms with Gasteiger partial charge < -0.3 is 9.47 Å². The highest BCUT2D eigenvalue weighted by atomic mass is 16.5. The summed E-state index contributed by atoms with van der Waals surface area (Å²) < 4.78 is 10.7. The summed E-state index contributed by atoms with van der Waals surface area (Å²) in [5.74, 6) is -0.229. The number of hydrogen-bond acceptors (Lipinski definition) is 6. The third kappa shape index (κ3) is 3.32. The molecule has 3 rings (SSSR count). The molecular formula is C18H17N3O3. The number of carbonyl (C=O) groups is 1. The molecule has 0 atom stereocenters. The molecule has 0 radical (unpaired) electrons. The number of fused-ring (bicyclic) bond motifs is 1. The van der Waals surface area contributed by atoms with Gasteiger partial charge in [0.25, 0.3) is 0 Å². The van der Waals surface area contributed by atoms with Crippen molar-refractivity contribution in [2.45, 2.75) is 20.5 Å². The van der Waals surface area contributed by atoms with E-state index in [0.29, 0.717) is 17.9 Å². The Labute approximate surface area is 139 Å². The van der Waals surface area contributed by atoms with Gasteiger partial charge in [0, 0.05) is 6.20 Å². The minimum atomic E-state index is -0.499. The summed E-state index contributed by atoms with van der Waals surface area (Å²) >= 11 is 0. The Morgan fingerprint density at radius 3 is 2.58 bits per heavy atom. The Bertz CT molecular complexity index is 880. The first kappa shape index (κ1) is 15.9. The first-order chi connectivity index (χ1) is 11.7. The van der Waals surface area contributed by atoms with Gasteiger partial charge in [-0.3, -0.25) is 0 Å². The number of pyridine rings is 1. The predicted octanol–water partition coefficient (Wildman–Crippen LogP) is 3.09. The van der Waals surface area contributed by atoms with Gasteiger partial charge in [-0.15, -0.1) is 0 Å². The topological polar surface area (TPSA) is 74.2 Å². The monoisotopic (exact) mass is 323 g/mol. The van der Waals surface area contributed by atoms with Crippen LogP contribution >= 0.6 is 0 Å². The van der Waals surface area contributed by atoms with Crippen LogP contribution in [0.2, 0.25) is 0 Å². The quantitative estimate of drug-likeness (QED) is 0.672. The SMILES string of the molecule is CCOc1ncccc1C(=O)OCc1nc2ccccc2nc1C. The second-order valence-electron chi connectivity index (χ2n) is 5.11.